The average molecular weight is 588 g/mol. The van der Waals surface area contributed by atoms with Crippen molar-refractivity contribution in [3.8, 4) is 0 Å². The van der Waals surface area contributed by atoms with Crippen LogP contribution in [0.2, 0.25) is 10.0 Å². The van der Waals surface area contributed by atoms with E-state index in [1.807, 2.05) is 30.3 Å². The molecule has 0 bridgehead atoms. The average Bonchev–Trinajstić information content (AvgIpc) is 2.94. The first-order chi connectivity index (χ1) is 18.9. The molecule has 4 rings (SSSR count). The second-order valence-electron chi connectivity index (χ2n) is 9.93. The normalized spacial score (nSPS) is 14.5. The molecule has 0 saturated heterocycles. The summed E-state index contributed by atoms with van der Waals surface area (Å²) < 4.78 is 13.3. The van der Waals surface area contributed by atoms with Crippen LogP contribution in [0.1, 0.15) is 48.8 Å². The first kappa shape index (κ1) is 29.4. The quantitative estimate of drug-likeness (QED) is 0.254. The van der Waals surface area contributed by atoms with Crippen LogP contribution in [-0.2, 0) is 28.3 Å². The number of amides is 2. The second kappa shape index (κ2) is 14.7. The highest BCUT2D eigenvalue weighted by Gasteiger charge is 2.32. The number of benzene rings is 3. The Hall–Kier alpha value is -2.54. The Morgan fingerprint density at radius 2 is 1.67 bits per heavy atom. The lowest BCUT2D eigenvalue weighted by Crippen LogP contribution is -2.53. The lowest BCUT2D eigenvalue weighted by atomic mass is 9.94. The molecule has 1 fully saturated rings. The zero-order chi connectivity index (χ0) is 27.6. The molecule has 0 heterocycles. The van der Waals surface area contributed by atoms with Gasteiger partial charge in [-0.05, 0) is 53.8 Å². The minimum atomic E-state index is -0.708. The van der Waals surface area contributed by atoms with Gasteiger partial charge in [-0.3, -0.25) is 9.59 Å². The summed E-state index contributed by atoms with van der Waals surface area (Å²) in [5.41, 5.74) is 2.62. The van der Waals surface area contributed by atoms with Gasteiger partial charge in [0.25, 0.3) is 0 Å². The van der Waals surface area contributed by atoms with Gasteiger partial charge in [0.15, 0.2) is 0 Å². The van der Waals surface area contributed by atoms with Gasteiger partial charge in [0, 0.05) is 34.8 Å². The molecular formula is C31H33Cl2FN2O2S. The topological polar surface area (TPSA) is 49.4 Å². The third kappa shape index (κ3) is 8.99. The fourth-order valence-corrected chi connectivity index (χ4v) is 6.19. The van der Waals surface area contributed by atoms with E-state index in [9.17, 15) is 14.0 Å². The number of carbonyl (C=O) groups excluding carboxylic acids is 2. The van der Waals surface area contributed by atoms with Crippen LogP contribution in [-0.4, -0.2) is 34.6 Å². The van der Waals surface area contributed by atoms with E-state index in [0.29, 0.717) is 22.2 Å². The predicted molar refractivity (Wildman–Crippen MR) is 159 cm³/mol. The number of thioether (sulfide) groups is 1. The summed E-state index contributed by atoms with van der Waals surface area (Å²) in [6, 6.07) is 20.6. The molecule has 0 aliphatic heterocycles. The molecule has 0 radical (unpaired) electrons. The molecular weight excluding hydrogens is 554 g/mol. The lowest BCUT2D eigenvalue weighted by molar-refractivity contribution is -0.139. The Kier molecular flexibility index (Phi) is 11.1. The Labute approximate surface area is 244 Å². The summed E-state index contributed by atoms with van der Waals surface area (Å²) in [4.78, 5) is 29.3. The van der Waals surface area contributed by atoms with E-state index < -0.39 is 6.04 Å². The maximum atomic E-state index is 13.8. The summed E-state index contributed by atoms with van der Waals surface area (Å²) in [6.45, 7) is 0.182. The lowest BCUT2D eigenvalue weighted by Gasteiger charge is -2.33. The van der Waals surface area contributed by atoms with Crippen LogP contribution in [0.4, 0.5) is 4.39 Å². The van der Waals surface area contributed by atoms with Crippen LogP contribution in [0.25, 0.3) is 0 Å². The number of nitrogens with one attached hydrogen (secondary N) is 1. The Balaban J connectivity index is 1.58. The maximum Gasteiger partial charge on any atom is 0.243 e. The van der Waals surface area contributed by atoms with Gasteiger partial charge >= 0.3 is 0 Å². The molecule has 4 nitrogen and oxygen atoms in total. The molecule has 39 heavy (non-hydrogen) atoms. The van der Waals surface area contributed by atoms with Crippen molar-refractivity contribution >= 4 is 46.8 Å². The highest BCUT2D eigenvalue weighted by molar-refractivity contribution is 7.99. The maximum absolute atomic E-state index is 13.8. The van der Waals surface area contributed by atoms with Gasteiger partial charge < -0.3 is 10.2 Å². The van der Waals surface area contributed by atoms with Gasteiger partial charge in [0.05, 0.1) is 5.75 Å². The van der Waals surface area contributed by atoms with Crippen LogP contribution in [0.5, 0.6) is 0 Å². The molecule has 1 N–H and O–H groups in total. The van der Waals surface area contributed by atoms with Crippen LogP contribution in [0, 0.1) is 5.82 Å². The molecule has 3 aromatic carbocycles. The summed E-state index contributed by atoms with van der Waals surface area (Å²) in [7, 11) is 0. The van der Waals surface area contributed by atoms with Gasteiger partial charge in [0.2, 0.25) is 11.8 Å². The molecule has 2 amide bonds. The van der Waals surface area contributed by atoms with Crippen molar-refractivity contribution in [2.45, 2.75) is 62.9 Å². The van der Waals surface area contributed by atoms with Gasteiger partial charge in [-0.1, -0.05) is 91.0 Å². The zero-order valence-corrected chi connectivity index (χ0v) is 24.1. The molecule has 3 aromatic rings. The number of hydrogen-bond acceptors (Lipinski definition) is 3. The Morgan fingerprint density at radius 1 is 0.949 bits per heavy atom. The minimum Gasteiger partial charge on any atom is -0.352 e. The smallest absolute Gasteiger partial charge is 0.243 e. The summed E-state index contributed by atoms with van der Waals surface area (Å²) in [5, 5.41) is 4.20. The van der Waals surface area contributed by atoms with E-state index in [0.717, 1.165) is 42.4 Å². The van der Waals surface area contributed by atoms with Crippen LogP contribution >= 0.6 is 35.0 Å². The fourth-order valence-electron chi connectivity index (χ4n) is 4.85. The molecule has 0 spiro atoms. The second-order valence-corrected chi connectivity index (χ2v) is 11.8. The molecule has 0 aromatic heterocycles. The number of rotatable bonds is 11. The van der Waals surface area contributed by atoms with Crippen molar-refractivity contribution in [3.63, 3.8) is 0 Å². The Morgan fingerprint density at radius 3 is 2.36 bits per heavy atom. The van der Waals surface area contributed by atoms with Crippen molar-refractivity contribution in [2.75, 3.05) is 5.75 Å². The highest BCUT2D eigenvalue weighted by Crippen LogP contribution is 2.26. The predicted octanol–water partition coefficient (Wildman–Crippen LogP) is 7.45. The zero-order valence-electron chi connectivity index (χ0n) is 21.8. The molecule has 206 valence electrons. The number of nitrogens with zero attached hydrogens (tertiary/aromatic N) is 1. The standard InChI is InChI=1S/C31H33Cl2FN2O2S/c32-25-14-13-24(28(33)18-25)19-36(30(37)21-39-20-23-11-15-26(34)16-12-23)29(17-22-7-3-1-4-8-22)31(38)35-27-9-5-2-6-10-27/h1,3-4,7-8,11-16,18,27,29H,2,5-6,9-10,17,19-21H2,(H,35,38). The van der Waals surface area contributed by atoms with E-state index in [-0.39, 0.29) is 36.0 Å². The van der Waals surface area contributed by atoms with Gasteiger partial charge in [-0.25, -0.2) is 4.39 Å². The van der Waals surface area contributed by atoms with Gasteiger partial charge in [-0.2, -0.15) is 0 Å². The van der Waals surface area contributed by atoms with Crippen molar-refractivity contribution in [1.82, 2.24) is 10.2 Å². The molecule has 1 aliphatic carbocycles. The molecule has 1 saturated carbocycles. The Bertz CT molecular complexity index is 1240. The summed E-state index contributed by atoms with van der Waals surface area (Å²) >= 11 is 14.1. The first-order valence-electron chi connectivity index (χ1n) is 13.3. The number of hydrogen-bond donors (Lipinski definition) is 1. The minimum absolute atomic E-state index is 0.119. The van der Waals surface area contributed by atoms with E-state index in [1.165, 1.54) is 30.3 Å². The van der Waals surface area contributed by atoms with E-state index >= 15 is 0 Å². The number of carbonyl (C=O) groups is 2. The molecule has 1 unspecified atom stereocenters. The van der Waals surface area contributed by atoms with Crippen molar-refractivity contribution in [3.05, 3.63) is 105 Å². The SMILES string of the molecule is O=C(NC1CCCCC1)C(Cc1ccccc1)N(Cc1ccc(Cl)cc1Cl)C(=O)CSCc1ccc(F)cc1. The fraction of sp³-hybridized carbons (Fsp3) is 0.355. The first-order valence-corrected chi connectivity index (χ1v) is 15.2. The largest absolute Gasteiger partial charge is 0.352 e. The van der Waals surface area contributed by atoms with Gasteiger partial charge in [-0.15, -0.1) is 11.8 Å². The third-order valence-corrected chi connectivity index (χ3v) is 8.56. The van der Waals surface area contributed by atoms with Crippen LogP contribution in [0.15, 0.2) is 72.8 Å². The van der Waals surface area contributed by atoms with Crippen molar-refractivity contribution in [2.24, 2.45) is 0 Å². The monoisotopic (exact) mass is 586 g/mol. The molecule has 1 atom stereocenters. The number of halogens is 3. The molecule has 1 aliphatic rings. The van der Waals surface area contributed by atoms with Crippen molar-refractivity contribution in [1.29, 1.82) is 0 Å². The van der Waals surface area contributed by atoms with Crippen molar-refractivity contribution < 1.29 is 14.0 Å². The van der Waals surface area contributed by atoms with Crippen LogP contribution < -0.4 is 5.32 Å². The third-order valence-electron chi connectivity index (χ3n) is 6.99. The van der Waals surface area contributed by atoms with Crippen LogP contribution in [0.3, 0.4) is 0 Å². The molecule has 8 heteroatoms. The highest BCUT2D eigenvalue weighted by atomic mass is 35.5. The summed E-state index contributed by atoms with van der Waals surface area (Å²) in [5.74, 6) is 0.128. The summed E-state index contributed by atoms with van der Waals surface area (Å²) in [6.07, 6.45) is 5.67. The van der Waals surface area contributed by atoms with Gasteiger partial charge in [0.1, 0.15) is 11.9 Å². The van der Waals surface area contributed by atoms with E-state index in [1.54, 1.807) is 35.2 Å². The van der Waals surface area contributed by atoms with E-state index in [4.69, 9.17) is 23.2 Å². The van der Waals surface area contributed by atoms with E-state index in [2.05, 4.69) is 5.32 Å².